The number of oxazole rings is 2. The standard InChI is InChI=1S/C37H32F6N2O4/c1-3-5-7-21-17-23(9-13-29(21)46)33-44-27-19-25(11-15-31(27)48-33)35(36(38,39)40,37(41,42)43)26-12-16-32-28(20-26)45-34(49-32)24-10-14-30(47)22(18-24)8-6-4-2/h9-20,46-47H,3-8H2,1-2H3. The second-order valence-corrected chi connectivity index (χ2v) is 12.0. The van der Waals surface area contributed by atoms with Gasteiger partial charge < -0.3 is 19.0 Å². The Morgan fingerprint density at radius 3 is 1.35 bits per heavy atom. The number of hydrogen-bond donors (Lipinski definition) is 2. The molecule has 4 aromatic carbocycles. The molecule has 0 aliphatic heterocycles. The Balaban J connectivity index is 1.46. The van der Waals surface area contributed by atoms with Crippen LogP contribution in [0, 0.1) is 0 Å². The molecule has 0 amide bonds. The fraction of sp³-hybridized carbons (Fsp3) is 0.297. The van der Waals surface area contributed by atoms with Crippen molar-refractivity contribution in [3.05, 3.63) is 95.1 Å². The number of nitrogens with zero attached hydrogens (tertiary/aromatic N) is 2. The molecule has 2 heterocycles. The van der Waals surface area contributed by atoms with Gasteiger partial charge in [0.1, 0.15) is 22.5 Å². The molecule has 0 saturated carbocycles. The van der Waals surface area contributed by atoms with Crippen LogP contribution in [0.4, 0.5) is 26.3 Å². The van der Waals surface area contributed by atoms with E-state index in [4.69, 9.17) is 8.83 Å². The third-order valence-corrected chi connectivity index (χ3v) is 8.74. The van der Waals surface area contributed by atoms with Crippen LogP contribution in [0.3, 0.4) is 0 Å². The van der Waals surface area contributed by atoms with E-state index in [9.17, 15) is 10.2 Å². The van der Waals surface area contributed by atoms with Gasteiger partial charge in [-0.15, -0.1) is 0 Å². The molecule has 0 bridgehead atoms. The van der Waals surface area contributed by atoms with E-state index in [1.807, 2.05) is 13.8 Å². The van der Waals surface area contributed by atoms with Gasteiger partial charge in [0.2, 0.25) is 17.2 Å². The van der Waals surface area contributed by atoms with E-state index < -0.39 is 28.9 Å². The number of rotatable bonds is 10. The molecule has 0 unspecified atom stereocenters. The van der Waals surface area contributed by atoms with Gasteiger partial charge in [0.15, 0.2) is 11.2 Å². The molecule has 256 valence electrons. The Morgan fingerprint density at radius 1 is 0.571 bits per heavy atom. The summed E-state index contributed by atoms with van der Waals surface area (Å²) in [6, 6.07) is 14.2. The van der Waals surface area contributed by atoms with Gasteiger partial charge in [-0.25, -0.2) is 9.97 Å². The van der Waals surface area contributed by atoms with Gasteiger partial charge in [-0.3, -0.25) is 0 Å². The number of aromatic hydroxyl groups is 2. The fourth-order valence-corrected chi connectivity index (χ4v) is 6.12. The molecular weight excluding hydrogens is 650 g/mol. The van der Waals surface area contributed by atoms with Gasteiger partial charge in [0.25, 0.3) is 0 Å². The van der Waals surface area contributed by atoms with Crippen LogP contribution in [0.2, 0.25) is 0 Å². The first-order valence-corrected chi connectivity index (χ1v) is 15.9. The Hall–Kier alpha value is -5.00. The van der Waals surface area contributed by atoms with E-state index in [1.165, 1.54) is 24.3 Å². The summed E-state index contributed by atoms with van der Waals surface area (Å²) in [5.74, 6) is 0.0924. The predicted octanol–water partition coefficient (Wildman–Crippen LogP) is 10.8. The number of aryl methyl sites for hydroxylation is 2. The third kappa shape index (κ3) is 6.08. The molecule has 2 aromatic heterocycles. The summed E-state index contributed by atoms with van der Waals surface area (Å²) in [5.41, 5.74) is -5.03. The van der Waals surface area contributed by atoms with E-state index in [2.05, 4.69) is 9.97 Å². The highest BCUT2D eigenvalue weighted by molar-refractivity contribution is 5.80. The lowest BCUT2D eigenvalue weighted by Crippen LogP contribution is -2.54. The summed E-state index contributed by atoms with van der Waals surface area (Å²) >= 11 is 0. The van der Waals surface area contributed by atoms with E-state index in [-0.39, 0.29) is 45.5 Å². The lowest BCUT2D eigenvalue weighted by atomic mass is 9.72. The lowest BCUT2D eigenvalue weighted by molar-refractivity contribution is -0.288. The van der Waals surface area contributed by atoms with Gasteiger partial charge in [-0.05, 0) is 109 Å². The number of unbranched alkanes of at least 4 members (excludes halogenated alkanes) is 2. The van der Waals surface area contributed by atoms with E-state index in [0.717, 1.165) is 62.1 Å². The minimum Gasteiger partial charge on any atom is -0.508 e. The molecule has 12 heteroatoms. The largest absolute Gasteiger partial charge is 0.508 e. The molecule has 6 rings (SSSR count). The highest BCUT2D eigenvalue weighted by Gasteiger charge is 2.72. The van der Waals surface area contributed by atoms with E-state index in [0.29, 0.717) is 35.1 Å². The molecule has 49 heavy (non-hydrogen) atoms. The smallest absolute Gasteiger partial charge is 0.411 e. The van der Waals surface area contributed by atoms with Gasteiger partial charge in [0.05, 0.1) is 0 Å². The Labute approximate surface area is 277 Å². The van der Waals surface area contributed by atoms with Crippen molar-refractivity contribution in [3.63, 3.8) is 0 Å². The zero-order valence-electron chi connectivity index (χ0n) is 26.5. The molecule has 2 N–H and O–H groups in total. The number of benzene rings is 4. The summed E-state index contributed by atoms with van der Waals surface area (Å²) in [4.78, 5) is 8.51. The van der Waals surface area contributed by atoms with Crippen molar-refractivity contribution < 1.29 is 45.4 Å². The van der Waals surface area contributed by atoms with Crippen LogP contribution >= 0.6 is 0 Å². The summed E-state index contributed by atoms with van der Waals surface area (Å²) < 4.78 is 102. The van der Waals surface area contributed by atoms with Gasteiger partial charge in [-0.2, -0.15) is 26.3 Å². The number of halogens is 6. The fourth-order valence-electron chi connectivity index (χ4n) is 6.12. The normalized spacial score (nSPS) is 12.7. The second kappa shape index (κ2) is 12.8. The summed E-state index contributed by atoms with van der Waals surface area (Å²) in [5, 5.41) is 20.5. The van der Waals surface area contributed by atoms with Crippen LogP contribution in [0.5, 0.6) is 11.5 Å². The number of aromatic nitrogens is 2. The van der Waals surface area contributed by atoms with Gasteiger partial charge in [-0.1, -0.05) is 38.8 Å². The van der Waals surface area contributed by atoms with E-state index in [1.54, 1.807) is 12.1 Å². The summed E-state index contributed by atoms with van der Waals surface area (Å²) in [7, 11) is 0. The minimum atomic E-state index is -5.85. The number of phenols is 2. The highest BCUT2D eigenvalue weighted by Crippen LogP contribution is 2.57. The maximum absolute atomic E-state index is 15.1. The molecule has 0 fully saturated rings. The number of hydrogen-bond acceptors (Lipinski definition) is 6. The van der Waals surface area contributed by atoms with Crippen LogP contribution in [0.25, 0.3) is 45.1 Å². The van der Waals surface area contributed by atoms with Crippen molar-refractivity contribution in [2.45, 2.75) is 70.1 Å². The van der Waals surface area contributed by atoms with Crippen molar-refractivity contribution in [1.29, 1.82) is 0 Å². The first-order chi connectivity index (χ1) is 23.3. The lowest BCUT2D eigenvalue weighted by Gasteiger charge is -2.38. The topological polar surface area (TPSA) is 92.5 Å². The van der Waals surface area contributed by atoms with Crippen LogP contribution < -0.4 is 0 Å². The predicted molar refractivity (Wildman–Crippen MR) is 172 cm³/mol. The van der Waals surface area contributed by atoms with Crippen molar-refractivity contribution in [2.75, 3.05) is 0 Å². The number of phenolic OH excluding ortho intramolecular Hbond substituents is 2. The molecule has 0 aliphatic carbocycles. The molecular formula is C37H32F6N2O4. The molecule has 6 nitrogen and oxygen atoms in total. The summed E-state index contributed by atoms with van der Waals surface area (Å²) in [6.07, 6.45) is -7.23. The Kier molecular flexibility index (Phi) is 8.85. The maximum Gasteiger partial charge on any atom is 0.411 e. The summed E-state index contributed by atoms with van der Waals surface area (Å²) in [6.45, 7) is 3.98. The van der Waals surface area contributed by atoms with Gasteiger partial charge in [0, 0.05) is 11.1 Å². The molecule has 6 aromatic rings. The van der Waals surface area contributed by atoms with Crippen molar-refractivity contribution >= 4 is 22.2 Å². The van der Waals surface area contributed by atoms with Gasteiger partial charge >= 0.3 is 12.4 Å². The van der Waals surface area contributed by atoms with Crippen LogP contribution in [-0.2, 0) is 18.3 Å². The van der Waals surface area contributed by atoms with Crippen LogP contribution in [-0.4, -0.2) is 32.5 Å². The quantitative estimate of drug-likeness (QED) is 0.140. The molecule has 0 spiro atoms. The third-order valence-electron chi connectivity index (χ3n) is 8.74. The highest BCUT2D eigenvalue weighted by atomic mass is 19.4. The van der Waals surface area contributed by atoms with Crippen LogP contribution in [0.1, 0.15) is 61.8 Å². The first kappa shape index (κ1) is 33.9. The second-order valence-electron chi connectivity index (χ2n) is 12.0. The van der Waals surface area contributed by atoms with E-state index >= 15 is 26.3 Å². The van der Waals surface area contributed by atoms with Crippen molar-refractivity contribution in [3.8, 4) is 34.4 Å². The maximum atomic E-state index is 15.1. The number of alkyl halides is 6. The van der Waals surface area contributed by atoms with Crippen molar-refractivity contribution in [2.24, 2.45) is 0 Å². The minimum absolute atomic E-state index is 0.0102. The monoisotopic (exact) mass is 682 g/mol. The molecule has 0 aliphatic rings. The van der Waals surface area contributed by atoms with Crippen LogP contribution in [0.15, 0.2) is 81.6 Å². The molecule has 0 saturated heterocycles. The zero-order chi connectivity index (χ0) is 35.1. The first-order valence-electron chi connectivity index (χ1n) is 15.9. The molecule has 0 radical (unpaired) electrons. The Bertz CT molecular complexity index is 1980. The average molecular weight is 683 g/mol. The number of fused-ring (bicyclic) bond motifs is 2. The zero-order valence-corrected chi connectivity index (χ0v) is 26.5. The Morgan fingerprint density at radius 2 is 0.980 bits per heavy atom. The average Bonchev–Trinajstić information content (AvgIpc) is 3.67. The SMILES string of the molecule is CCCCc1cc(-c2nc3cc(C(c4ccc5oc(-c6ccc(O)c(CCCC)c6)nc5c4)(C(F)(F)F)C(F)(F)F)ccc3o2)ccc1O. The van der Waals surface area contributed by atoms with Crippen molar-refractivity contribution in [1.82, 2.24) is 9.97 Å². The molecule has 0 atom stereocenters.